The summed E-state index contributed by atoms with van der Waals surface area (Å²) in [6.07, 6.45) is 6.87. The van der Waals surface area contributed by atoms with Gasteiger partial charge in [0.2, 0.25) is 0 Å². The average molecular weight is 817 g/mol. The molecule has 0 saturated carbocycles. The Bertz CT molecular complexity index is 2760. The van der Waals surface area contributed by atoms with Crippen LogP contribution in [0.2, 0.25) is 0 Å². The number of hydrogen-bond acceptors (Lipinski definition) is 10. The van der Waals surface area contributed by atoms with E-state index in [0.717, 1.165) is 44.4 Å². The fourth-order valence-corrected chi connectivity index (χ4v) is 9.48. The maximum Gasteiger partial charge on any atom is 0.173 e. The van der Waals surface area contributed by atoms with Gasteiger partial charge in [0.05, 0.1) is 51.8 Å². The topological polar surface area (TPSA) is 89.9 Å². The Balaban J connectivity index is 1.06. The summed E-state index contributed by atoms with van der Waals surface area (Å²) in [6, 6.07) is 15.1. The molecule has 0 amide bonds. The number of morpholine rings is 2. The molecule has 10 rings (SSSR count). The Morgan fingerprint density at radius 3 is 2.24 bits per heavy atom. The molecule has 1 atom stereocenters. The molecule has 2 saturated heterocycles. The molecule has 294 valence electrons. The molecule has 8 heterocycles. The molecule has 1 N–H and O–H groups in total. The molecular formula is C44H38F2N6O4S2. The quantitative estimate of drug-likeness (QED) is 0.154. The highest BCUT2D eigenvalue weighted by molar-refractivity contribution is 7.08. The van der Waals surface area contributed by atoms with Gasteiger partial charge >= 0.3 is 0 Å². The summed E-state index contributed by atoms with van der Waals surface area (Å²) < 4.78 is 58.3. The van der Waals surface area contributed by atoms with Crippen molar-refractivity contribution in [2.75, 3.05) is 70.0 Å². The van der Waals surface area contributed by atoms with Crippen LogP contribution < -0.4 is 19.3 Å². The summed E-state index contributed by atoms with van der Waals surface area (Å²) >= 11 is 3.22. The molecule has 14 heteroatoms. The standard InChI is InChI=1S/C44H38F2N6O4S2/c1-53-38-18-30(17-31(41(38)46)34-21-48-43-32(34)15-28(19-47-43)26-5-13-57-24-26)51-9-12-56-39(23-51)52-22-35(33-16-29(20-49-44(33)52)27-6-14-58-25-27)40-36(45)3-4-37(42(40)54-2)50-7-10-55-11-8-50/h3-6,13-22,24-25,39H,7-12,23H2,1-2H3,(H,47,48). The molecule has 2 fully saturated rings. The monoisotopic (exact) mass is 816 g/mol. The third-order valence-electron chi connectivity index (χ3n) is 11.1. The van der Waals surface area contributed by atoms with Gasteiger partial charge in [-0.1, -0.05) is 0 Å². The van der Waals surface area contributed by atoms with Crippen LogP contribution >= 0.6 is 22.7 Å². The fraction of sp³-hybridized carbons (Fsp3) is 0.227. The van der Waals surface area contributed by atoms with Crippen molar-refractivity contribution in [2.45, 2.75) is 6.23 Å². The number of aromatic nitrogens is 4. The van der Waals surface area contributed by atoms with Crippen LogP contribution in [0.3, 0.4) is 0 Å². The molecule has 2 aliphatic heterocycles. The van der Waals surface area contributed by atoms with Crippen LogP contribution in [-0.4, -0.2) is 79.7 Å². The maximum absolute atomic E-state index is 16.3. The summed E-state index contributed by atoms with van der Waals surface area (Å²) in [5.74, 6) is -0.277. The van der Waals surface area contributed by atoms with E-state index in [4.69, 9.17) is 23.9 Å². The van der Waals surface area contributed by atoms with Crippen molar-refractivity contribution in [1.29, 1.82) is 0 Å². The molecular weight excluding hydrogens is 779 g/mol. The lowest BCUT2D eigenvalue weighted by Gasteiger charge is -2.35. The van der Waals surface area contributed by atoms with Gasteiger partial charge in [0.1, 0.15) is 17.1 Å². The first-order valence-electron chi connectivity index (χ1n) is 19.0. The Labute approximate surface area is 340 Å². The molecule has 58 heavy (non-hydrogen) atoms. The number of ether oxygens (including phenoxy) is 4. The summed E-state index contributed by atoms with van der Waals surface area (Å²) in [5.41, 5.74) is 8.92. The highest BCUT2D eigenvalue weighted by Crippen LogP contribution is 2.46. The number of pyridine rings is 2. The minimum atomic E-state index is -0.522. The van der Waals surface area contributed by atoms with Gasteiger partial charge in [-0.15, -0.1) is 0 Å². The molecule has 0 spiro atoms. The molecule has 6 aromatic heterocycles. The zero-order valence-electron chi connectivity index (χ0n) is 31.7. The number of fused-ring (bicyclic) bond motifs is 2. The van der Waals surface area contributed by atoms with Crippen LogP contribution in [0.4, 0.5) is 20.2 Å². The van der Waals surface area contributed by atoms with E-state index in [-0.39, 0.29) is 5.75 Å². The molecule has 0 aliphatic carbocycles. The number of H-pyrrole nitrogens is 1. The average Bonchev–Trinajstić information content (AvgIpc) is 4.11. The van der Waals surface area contributed by atoms with Gasteiger partial charge in [-0.2, -0.15) is 22.7 Å². The lowest BCUT2D eigenvalue weighted by atomic mass is 10.0. The molecule has 1 unspecified atom stereocenters. The summed E-state index contributed by atoms with van der Waals surface area (Å²) in [4.78, 5) is 17.2. The number of nitrogens with one attached hydrogen (secondary N) is 1. The van der Waals surface area contributed by atoms with Crippen molar-refractivity contribution < 1.29 is 27.7 Å². The van der Waals surface area contributed by atoms with Crippen molar-refractivity contribution in [3.05, 3.63) is 106 Å². The summed E-state index contributed by atoms with van der Waals surface area (Å²) in [5, 5.41) is 9.76. The van der Waals surface area contributed by atoms with Gasteiger partial charge in [-0.3, -0.25) is 0 Å². The summed E-state index contributed by atoms with van der Waals surface area (Å²) in [6.45, 7) is 3.83. The number of anilines is 2. The number of nitrogens with zero attached hydrogens (tertiary/aromatic N) is 5. The third kappa shape index (κ3) is 6.36. The number of benzene rings is 2. The Morgan fingerprint density at radius 1 is 0.776 bits per heavy atom. The first-order chi connectivity index (χ1) is 28.5. The van der Waals surface area contributed by atoms with Crippen LogP contribution in [0.5, 0.6) is 11.5 Å². The molecule has 0 radical (unpaired) electrons. The van der Waals surface area contributed by atoms with Crippen molar-refractivity contribution in [3.8, 4) is 56.0 Å². The maximum atomic E-state index is 16.3. The minimum Gasteiger partial charge on any atom is -0.494 e. The van der Waals surface area contributed by atoms with Crippen LogP contribution in [0, 0.1) is 11.6 Å². The predicted octanol–water partition coefficient (Wildman–Crippen LogP) is 9.87. The van der Waals surface area contributed by atoms with Crippen molar-refractivity contribution >= 4 is 56.1 Å². The van der Waals surface area contributed by atoms with Gasteiger partial charge in [0.15, 0.2) is 23.5 Å². The van der Waals surface area contributed by atoms with Crippen molar-refractivity contribution in [2.24, 2.45) is 0 Å². The van der Waals surface area contributed by atoms with Gasteiger partial charge in [-0.05, 0) is 75.1 Å². The summed E-state index contributed by atoms with van der Waals surface area (Å²) in [7, 11) is 3.06. The first-order valence-corrected chi connectivity index (χ1v) is 20.8. The highest BCUT2D eigenvalue weighted by Gasteiger charge is 2.30. The highest BCUT2D eigenvalue weighted by atomic mass is 32.1. The van der Waals surface area contributed by atoms with E-state index in [0.29, 0.717) is 85.3 Å². The van der Waals surface area contributed by atoms with Crippen LogP contribution in [0.1, 0.15) is 6.23 Å². The molecule has 2 aliphatic rings. The van der Waals surface area contributed by atoms with Crippen molar-refractivity contribution in [3.63, 3.8) is 0 Å². The second-order valence-electron chi connectivity index (χ2n) is 14.2. The number of methoxy groups -OCH3 is 2. The van der Waals surface area contributed by atoms with Crippen LogP contribution in [0.15, 0.2) is 94.8 Å². The van der Waals surface area contributed by atoms with Gasteiger partial charge in [0, 0.05) is 94.8 Å². The van der Waals surface area contributed by atoms with E-state index in [9.17, 15) is 0 Å². The fourth-order valence-electron chi connectivity index (χ4n) is 8.15. The number of hydrogen-bond donors (Lipinski definition) is 1. The second kappa shape index (κ2) is 15.2. The number of thiophene rings is 2. The third-order valence-corrected chi connectivity index (χ3v) is 12.4. The normalized spacial score (nSPS) is 16.1. The predicted molar refractivity (Wildman–Crippen MR) is 227 cm³/mol. The zero-order valence-corrected chi connectivity index (χ0v) is 33.3. The van der Waals surface area contributed by atoms with E-state index in [1.807, 2.05) is 58.2 Å². The number of aromatic amines is 1. The molecule has 0 bridgehead atoms. The van der Waals surface area contributed by atoms with E-state index in [1.165, 1.54) is 13.2 Å². The number of halogens is 2. The van der Waals surface area contributed by atoms with Gasteiger partial charge in [0.25, 0.3) is 0 Å². The number of rotatable bonds is 9. The minimum absolute atomic E-state index is 0.130. The van der Waals surface area contributed by atoms with Gasteiger partial charge in [-0.25, -0.2) is 18.7 Å². The molecule has 8 aromatic rings. The van der Waals surface area contributed by atoms with E-state index >= 15 is 8.78 Å². The lowest BCUT2D eigenvalue weighted by Crippen LogP contribution is -2.40. The first kappa shape index (κ1) is 36.5. The SMILES string of the molecule is COc1cc(N2CCOC(n3cc(-c4c(F)ccc(N5CCOCC5)c4OC)c4cc(-c5ccsc5)cnc43)C2)cc(-c2c[nH]c3ncc(-c4ccsc4)cc23)c1F. The van der Waals surface area contributed by atoms with E-state index < -0.39 is 17.9 Å². The smallest absolute Gasteiger partial charge is 0.173 e. The Morgan fingerprint density at radius 2 is 1.52 bits per heavy atom. The van der Waals surface area contributed by atoms with E-state index in [2.05, 4.69) is 36.6 Å². The zero-order chi connectivity index (χ0) is 39.3. The van der Waals surface area contributed by atoms with Crippen molar-refractivity contribution in [1.82, 2.24) is 19.5 Å². The van der Waals surface area contributed by atoms with E-state index in [1.54, 1.807) is 48.1 Å². The van der Waals surface area contributed by atoms with Crippen LogP contribution in [-0.2, 0) is 9.47 Å². The molecule has 2 aromatic carbocycles. The molecule has 10 nitrogen and oxygen atoms in total. The second-order valence-corrected chi connectivity index (χ2v) is 15.8. The Hall–Kier alpha value is -5.80. The van der Waals surface area contributed by atoms with Gasteiger partial charge < -0.3 is 38.3 Å². The largest absolute Gasteiger partial charge is 0.494 e. The lowest BCUT2D eigenvalue weighted by molar-refractivity contribution is -0.00587. The Kier molecular flexibility index (Phi) is 9.56. The van der Waals surface area contributed by atoms with Crippen LogP contribution in [0.25, 0.3) is 66.6 Å².